The molecule has 0 atom stereocenters. The molecule has 2 heterocycles. The molecule has 0 aliphatic carbocycles. The van der Waals surface area contributed by atoms with Gasteiger partial charge in [0.2, 0.25) is 0 Å². The lowest BCUT2D eigenvalue weighted by molar-refractivity contribution is -0.118. The van der Waals surface area contributed by atoms with Gasteiger partial charge < -0.3 is 10.1 Å². The van der Waals surface area contributed by atoms with Crippen molar-refractivity contribution in [1.29, 1.82) is 0 Å². The van der Waals surface area contributed by atoms with Gasteiger partial charge in [0.15, 0.2) is 12.4 Å². The van der Waals surface area contributed by atoms with Gasteiger partial charge in [-0.1, -0.05) is 11.6 Å². The minimum atomic E-state index is -0.256. The van der Waals surface area contributed by atoms with Crippen molar-refractivity contribution < 1.29 is 9.53 Å². The Hall–Kier alpha value is -1.87. The third-order valence-electron chi connectivity index (χ3n) is 3.87. The van der Waals surface area contributed by atoms with E-state index < -0.39 is 0 Å². The van der Waals surface area contributed by atoms with Crippen LogP contribution in [0.5, 0.6) is 5.75 Å². The van der Waals surface area contributed by atoms with Gasteiger partial charge in [-0.3, -0.25) is 14.5 Å². The molecule has 0 radical (unpaired) electrons. The Balaban J connectivity index is 1.80. The third-order valence-corrected chi connectivity index (χ3v) is 4.99. The zero-order valence-electron chi connectivity index (χ0n) is 13.9. The molecule has 1 aromatic carbocycles. The normalized spacial score (nSPS) is 10.9. The molecule has 0 fully saturated rings. The fourth-order valence-electron chi connectivity index (χ4n) is 2.55. The van der Waals surface area contributed by atoms with Crippen molar-refractivity contribution in [3.05, 3.63) is 44.4 Å². The number of fused-ring (bicyclic) bond motifs is 1. The van der Waals surface area contributed by atoms with Crippen LogP contribution < -0.4 is 10.1 Å². The van der Waals surface area contributed by atoms with E-state index in [2.05, 4.69) is 38.0 Å². The summed E-state index contributed by atoms with van der Waals surface area (Å²) in [5.41, 5.74) is 3.01. The molecular formula is C17H16ClIN4O2. The molecule has 0 bridgehead atoms. The molecule has 25 heavy (non-hydrogen) atoms. The maximum absolute atomic E-state index is 12.3. The molecule has 3 aromatic rings. The van der Waals surface area contributed by atoms with E-state index in [-0.39, 0.29) is 12.5 Å². The van der Waals surface area contributed by atoms with Crippen molar-refractivity contribution in [2.45, 2.75) is 13.8 Å². The number of ether oxygens (including phenoxy) is 1. The first-order valence-corrected chi connectivity index (χ1v) is 8.99. The van der Waals surface area contributed by atoms with Gasteiger partial charge in [-0.25, -0.2) is 0 Å². The monoisotopic (exact) mass is 470 g/mol. The van der Waals surface area contributed by atoms with Crippen molar-refractivity contribution >= 4 is 56.7 Å². The van der Waals surface area contributed by atoms with Crippen LogP contribution in [0.3, 0.4) is 0 Å². The van der Waals surface area contributed by atoms with Crippen molar-refractivity contribution in [3.8, 4) is 5.75 Å². The number of pyridine rings is 1. The van der Waals surface area contributed by atoms with E-state index in [9.17, 15) is 4.79 Å². The van der Waals surface area contributed by atoms with Crippen LogP contribution in [-0.4, -0.2) is 27.3 Å². The number of carbonyl (C=O) groups is 1. The predicted octanol–water partition coefficient (Wildman–Crippen LogP) is 3.86. The second-order valence-corrected chi connectivity index (χ2v) is 7.14. The average molecular weight is 471 g/mol. The van der Waals surface area contributed by atoms with Crippen molar-refractivity contribution in [2.75, 3.05) is 11.9 Å². The number of halogens is 2. The lowest BCUT2D eigenvalue weighted by Gasteiger charge is -2.12. The number of amides is 1. The summed E-state index contributed by atoms with van der Waals surface area (Å²) in [7, 11) is 1.84. The number of aromatic nitrogens is 3. The fourth-order valence-corrected chi connectivity index (χ4v) is 3.72. The molecule has 1 N–H and O–H groups in total. The molecule has 0 saturated heterocycles. The van der Waals surface area contributed by atoms with Gasteiger partial charge in [-0.05, 0) is 54.6 Å². The van der Waals surface area contributed by atoms with E-state index in [0.717, 1.165) is 20.3 Å². The standard InChI is InChI=1S/C17H16ClIN4O2/c1-9-15(10(2)23(3)22-9)21-14(24)8-25-17-13(19)7-12(18)11-5-4-6-20-16(11)17/h4-7H,8H2,1-3H3,(H,21,24). The van der Waals surface area contributed by atoms with E-state index >= 15 is 0 Å². The van der Waals surface area contributed by atoms with Crippen LogP contribution in [0.1, 0.15) is 11.4 Å². The second-order valence-electron chi connectivity index (χ2n) is 5.58. The number of anilines is 1. The molecule has 130 valence electrons. The first kappa shape index (κ1) is 17.9. The van der Waals surface area contributed by atoms with Crippen LogP contribution in [0.4, 0.5) is 5.69 Å². The van der Waals surface area contributed by atoms with Gasteiger partial charge in [-0.2, -0.15) is 5.10 Å². The summed E-state index contributed by atoms with van der Waals surface area (Å²) in [6.07, 6.45) is 1.67. The molecule has 8 heteroatoms. The Labute approximate surface area is 163 Å². The van der Waals surface area contributed by atoms with Crippen LogP contribution >= 0.6 is 34.2 Å². The van der Waals surface area contributed by atoms with Gasteiger partial charge in [0.25, 0.3) is 5.91 Å². The average Bonchev–Trinajstić information content (AvgIpc) is 2.81. The van der Waals surface area contributed by atoms with Crippen molar-refractivity contribution in [3.63, 3.8) is 0 Å². The Morgan fingerprint density at radius 3 is 2.88 bits per heavy atom. The summed E-state index contributed by atoms with van der Waals surface area (Å²) in [5.74, 6) is 0.296. The number of rotatable bonds is 4. The van der Waals surface area contributed by atoms with E-state index in [1.54, 1.807) is 16.9 Å². The number of nitrogens with one attached hydrogen (secondary N) is 1. The van der Waals surface area contributed by atoms with Crippen LogP contribution in [0, 0.1) is 17.4 Å². The van der Waals surface area contributed by atoms with Crippen molar-refractivity contribution in [2.24, 2.45) is 7.05 Å². The Morgan fingerprint density at radius 1 is 1.44 bits per heavy atom. The Bertz CT molecular complexity index is 971. The number of aryl methyl sites for hydroxylation is 2. The first-order chi connectivity index (χ1) is 11.9. The molecule has 0 spiro atoms. The molecule has 0 aliphatic rings. The van der Waals surface area contributed by atoms with E-state index in [1.807, 2.05) is 33.0 Å². The Kier molecular flexibility index (Phi) is 5.14. The molecule has 2 aromatic heterocycles. The summed E-state index contributed by atoms with van der Waals surface area (Å²) in [6, 6.07) is 5.48. The SMILES string of the molecule is Cc1nn(C)c(C)c1NC(=O)COc1c(I)cc(Cl)c2cccnc12. The van der Waals surface area contributed by atoms with Gasteiger partial charge in [0.1, 0.15) is 5.52 Å². The van der Waals surface area contributed by atoms with E-state index in [0.29, 0.717) is 22.0 Å². The molecule has 3 rings (SSSR count). The van der Waals surface area contributed by atoms with Gasteiger partial charge >= 0.3 is 0 Å². The van der Waals surface area contributed by atoms with Crippen molar-refractivity contribution in [1.82, 2.24) is 14.8 Å². The van der Waals surface area contributed by atoms with Crippen LogP contribution in [0.15, 0.2) is 24.4 Å². The zero-order valence-corrected chi connectivity index (χ0v) is 16.8. The highest BCUT2D eigenvalue weighted by Crippen LogP contribution is 2.34. The smallest absolute Gasteiger partial charge is 0.262 e. The number of benzene rings is 1. The topological polar surface area (TPSA) is 69.0 Å². The summed E-state index contributed by atoms with van der Waals surface area (Å²) in [5, 5.41) is 8.53. The summed E-state index contributed by atoms with van der Waals surface area (Å²) in [6.45, 7) is 3.62. The number of nitrogens with zero attached hydrogens (tertiary/aromatic N) is 3. The largest absolute Gasteiger partial charge is 0.480 e. The van der Waals surface area contributed by atoms with Crippen LogP contribution in [-0.2, 0) is 11.8 Å². The Morgan fingerprint density at radius 2 is 2.20 bits per heavy atom. The molecule has 1 amide bonds. The number of hydrogen-bond acceptors (Lipinski definition) is 4. The van der Waals surface area contributed by atoms with Crippen LogP contribution in [0.25, 0.3) is 10.9 Å². The molecule has 6 nitrogen and oxygen atoms in total. The lowest BCUT2D eigenvalue weighted by Crippen LogP contribution is -2.21. The zero-order chi connectivity index (χ0) is 18.1. The minimum Gasteiger partial charge on any atom is -0.480 e. The minimum absolute atomic E-state index is 0.128. The highest BCUT2D eigenvalue weighted by molar-refractivity contribution is 14.1. The highest BCUT2D eigenvalue weighted by Gasteiger charge is 2.16. The maximum atomic E-state index is 12.3. The van der Waals surface area contributed by atoms with Gasteiger partial charge in [0.05, 0.1) is 25.7 Å². The number of hydrogen-bond donors (Lipinski definition) is 1. The van der Waals surface area contributed by atoms with Gasteiger partial charge in [0, 0.05) is 18.6 Å². The molecule has 0 unspecified atom stereocenters. The molecule has 0 aliphatic heterocycles. The third kappa shape index (κ3) is 3.57. The van der Waals surface area contributed by atoms with Crippen LogP contribution in [0.2, 0.25) is 5.02 Å². The highest BCUT2D eigenvalue weighted by atomic mass is 127. The molecule has 0 saturated carbocycles. The number of carbonyl (C=O) groups excluding carboxylic acids is 1. The second kappa shape index (κ2) is 7.17. The maximum Gasteiger partial charge on any atom is 0.262 e. The summed E-state index contributed by atoms with van der Waals surface area (Å²) < 4.78 is 8.29. The van der Waals surface area contributed by atoms with E-state index in [4.69, 9.17) is 16.3 Å². The molecular weight excluding hydrogens is 455 g/mol. The lowest BCUT2D eigenvalue weighted by atomic mass is 10.2. The van der Waals surface area contributed by atoms with Gasteiger partial charge in [-0.15, -0.1) is 0 Å². The quantitative estimate of drug-likeness (QED) is 0.588. The summed E-state index contributed by atoms with van der Waals surface area (Å²) >= 11 is 8.38. The fraction of sp³-hybridized carbons (Fsp3) is 0.235. The predicted molar refractivity (Wildman–Crippen MR) is 106 cm³/mol. The van der Waals surface area contributed by atoms with E-state index in [1.165, 1.54) is 0 Å². The first-order valence-electron chi connectivity index (χ1n) is 7.54. The summed E-state index contributed by atoms with van der Waals surface area (Å²) in [4.78, 5) is 16.6.